The summed E-state index contributed by atoms with van der Waals surface area (Å²) in [7, 11) is 0. The number of carboxylic acid groups (broad SMARTS) is 1. The van der Waals surface area contributed by atoms with Gasteiger partial charge in [-0.25, -0.2) is 4.79 Å². The van der Waals surface area contributed by atoms with Gasteiger partial charge in [-0.3, -0.25) is 14.4 Å². The van der Waals surface area contributed by atoms with Gasteiger partial charge < -0.3 is 25.6 Å². The van der Waals surface area contributed by atoms with Gasteiger partial charge in [0.2, 0.25) is 11.8 Å². The SMILES string of the molecule is CC/C=C\C/C=C\C/C=C\C/C=C\C/C=C\C/C=C\CCCCCCC(=O)OC(CCCCCCCCCCCCCCC)CCCCCCCC(=O)NCC(=O)NC(CO)C(=O)O. The van der Waals surface area contributed by atoms with Crippen molar-refractivity contribution in [3.63, 3.8) is 0 Å². The maximum Gasteiger partial charge on any atom is 0.328 e. The number of amides is 2. The van der Waals surface area contributed by atoms with Gasteiger partial charge in [0.15, 0.2) is 0 Å². The molecule has 0 spiro atoms. The van der Waals surface area contributed by atoms with Crippen molar-refractivity contribution in [2.45, 2.75) is 238 Å². The number of aliphatic carboxylic acids is 1. The number of hydrogen-bond acceptors (Lipinski definition) is 6. The lowest BCUT2D eigenvalue weighted by Crippen LogP contribution is -2.47. The molecule has 9 heteroatoms. The molecule has 0 saturated carbocycles. The van der Waals surface area contributed by atoms with Crippen LogP contribution in [0.15, 0.2) is 72.9 Å². The first-order valence-electron chi connectivity index (χ1n) is 25.8. The summed E-state index contributed by atoms with van der Waals surface area (Å²) in [4.78, 5) is 47.8. The Morgan fingerprint density at radius 3 is 1.34 bits per heavy atom. The van der Waals surface area contributed by atoms with Crippen LogP contribution in [0.3, 0.4) is 0 Å². The third kappa shape index (κ3) is 44.9. The number of hydrogen-bond donors (Lipinski definition) is 4. The molecule has 0 bridgehead atoms. The van der Waals surface area contributed by atoms with Crippen LogP contribution in [0.5, 0.6) is 0 Å². The van der Waals surface area contributed by atoms with Gasteiger partial charge in [0.05, 0.1) is 13.2 Å². The Bertz CT molecular complexity index is 1300. The molecule has 2 amide bonds. The predicted octanol–water partition coefficient (Wildman–Crippen LogP) is 13.8. The van der Waals surface area contributed by atoms with Gasteiger partial charge in [-0.2, -0.15) is 0 Å². The molecule has 0 aliphatic heterocycles. The summed E-state index contributed by atoms with van der Waals surface area (Å²) in [6.45, 7) is 3.38. The first kappa shape index (κ1) is 60.3. The number of carbonyl (C=O) groups excluding carboxylic acids is 3. The van der Waals surface area contributed by atoms with Crippen molar-refractivity contribution in [1.82, 2.24) is 10.6 Å². The van der Waals surface area contributed by atoms with Crippen LogP contribution in [0.1, 0.15) is 226 Å². The Balaban J connectivity index is 4.34. The highest BCUT2D eigenvalue weighted by Gasteiger charge is 2.19. The van der Waals surface area contributed by atoms with Gasteiger partial charge in [0.1, 0.15) is 12.1 Å². The maximum absolute atomic E-state index is 12.9. The number of allylic oxidation sites excluding steroid dienone is 12. The summed E-state index contributed by atoms with van der Waals surface area (Å²) in [5, 5.41) is 22.6. The Hall–Kier alpha value is -3.72. The van der Waals surface area contributed by atoms with Crippen molar-refractivity contribution in [3.05, 3.63) is 72.9 Å². The van der Waals surface area contributed by atoms with Crippen molar-refractivity contribution >= 4 is 23.8 Å². The molecule has 0 aliphatic carbocycles. The summed E-state index contributed by atoms with van der Waals surface area (Å²) < 4.78 is 6.06. The van der Waals surface area contributed by atoms with E-state index in [1.807, 2.05) is 0 Å². The number of rotatable bonds is 46. The molecule has 0 fully saturated rings. The number of carbonyl (C=O) groups is 4. The molecule has 0 radical (unpaired) electrons. The Morgan fingerprint density at radius 1 is 0.484 bits per heavy atom. The minimum Gasteiger partial charge on any atom is -0.480 e. The molecule has 2 atom stereocenters. The molecule has 2 unspecified atom stereocenters. The largest absolute Gasteiger partial charge is 0.480 e. The van der Waals surface area contributed by atoms with E-state index in [9.17, 15) is 19.2 Å². The zero-order valence-electron chi connectivity index (χ0n) is 40.8. The lowest BCUT2D eigenvalue weighted by Gasteiger charge is -2.18. The molecule has 366 valence electrons. The fraction of sp³-hybridized carbons (Fsp3) is 0.709. The van der Waals surface area contributed by atoms with Gasteiger partial charge >= 0.3 is 11.9 Å². The van der Waals surface area contributed by atoms with Gasteiger partial charge in [-0.15, -0.1) is 0 Å². The zero-order valence-corrected chi connectivity index (χ0v) is 40.8. The van der Waals surface area contributed by atoms with Crippen molar-refractivity contribution in [2.24, 2.45) is 0 Å². The molecule has 64 heavy (non-hydrogen) atoms. The van der Waals surface area contributed by atoms with E-state index in [0.29, 0.717) is 12.8 Å². The van der Waals surface area contributed by atoms with Crippen LogP contribution >= 0.6 is 0 Å². The van der Waals surface area contributed by atoms with Gasteiger partial charge in [-0.1, -0.05) is 196 Å². The van der Waals surface area contributed by atoms with Crippen molar-refractivity contribution in [2.75, 3.05) is 13.2 Å². The zero-order chi connectivity index (χ0) is 46.8. The topological polar surface area (TPSA) is 142 Å². The molecule has 0 aromatic rings. The van der Waals surface area contributed by atoms with Crippen LogP contribution in [0, 0.1) is 0 Å². The number of ether oxygens (including phenoxy) is 1. The van der Waals surface area contributed by atoms with Crippen molar-refractivity contribution < 1.29 is 34.1 Å². The second-order valence-corrected chi connectivity index (χ2v) is 17.2. The van der Waals surface area contributed by atoms with E-state index >= 15 is 0 Å². The quantitative estimate of drug-likeness (QED) is 0.0271. The third-order valence-corrected chi connectivity index (χ3v) is 11.2. The van der Waals surface area contributed by atoms with E-state index in [1.165, 1.54) is 77.0 Å². The van der Waals surface area contributed by atoms with Crippen LogP contribution in [0.4, 0.5) is 0 Å². The molecule has 0 aromatic carbocycles. The monoisotopic (exact) mass is 895 g/mol. The van der Waals surface area contributed by atoms with E-state index in [1.54, 1.807) is 0 Å². The second kappa shape index (κ2) is 48.7. The standard InChI is InChI=1S/C55H94N2O7/c1-3-5-7-9-11-13-15-17-18-19-20-21-22-23-24-25-26-28-30-32-34-39-43-47-54(61)64-50(44-40-36-33-31-29-27-16-14-12-10-8-6-4-2)45-41-37-35-38-42-46-52(59)56-48-53(60)57-51(49-58)55(62)63/h5,7,11,13,17-18,20-21,23-24,26,28,50-51,58H,3-4,6,8-10,12,14-16,19,22,25,27,29-49H2,1-2H3,(H,56,59)(H,57,60)(H,62,63)/b7-5-,13-11-,18-17-,21-20-,24-23-,28-26-. The number of aliphatic hydroxyl groups excluding tert-OH is 1. The Labute approximate surface area is 391 Å². The summed E-state index contributed by atoms with van der Waals surface area (Å²) in [6.07, 6.45) is 62.2. The van der Waals surface area contributed by atoms with Crippen LogP contribution < -0.4 is 10.6 Å². The van der Waals surface area contributed by atoms with E-state index in [-0.39, 0.29) is 30.9 Å². The first-order chi connectivity index (χ1) is 31.3. The second-order valence-electron chi connectivity index (χ2n) is 17.2. The maximum atomic E-state index is 12.9. The average molecular weight is 895 g/mol. The minimum atomic E-state index is -1.39. The molecule has 9 nitrogen and oxygen atoms in total. The molecule has 0 rings (SSSR count). The highest BCUT2D eigenvalue weighted by atomic mass is 16.5. The van der Waals surface area contributed by atoms with E-state index < -0.39 is 24.5 Å². The number of nitrogens with one attached hydrogen (secondary N) is 2. The van der Waals surface area contributed by atoms with E-state index in [4.69, 9.17) is 14.9 Å². The van der Waals surface area contributed by atoms with Crippen LogP contribution in [0.2, 0.25) is 0 Å². The van der Waals surface area contributed by atoms with Crippen molar-refractivity contribution in [1.29, 1.82) is 0 Å². The highest BCUT2D eigenvalue weighted by molar-refractivity contribution is 5.87. The Morgan fingerprint density at radius 2 is 0.891 bits per heavy atom. The van der Waals surface area contributed by atoms with Crippen LogP contribution in [0.25, 0.3) is 0 Å². The molecule has 0 saturated heterocycles. The van der Waals surface area contributed by atoms with Crippen molar-refractivity contribution in [3.8, 4) is 0 Å². The van der Waals surface area contributed by atoms with E-state index in [2.05, 4.69) is 97.4 Å². The smallest absolute Gasteiger partial charge is 0.328 e. The summed E-state index contributed by atoms with van der Waals surface area (Å²) >= 11 is 0. The first-order valence-corrected chi connectivity index (χ1v) is 25.8. The van der Waals surface area contributed by atoms with Gasteiger partial charge in [0, 0.05) is 12.8 Å². The fourth-order valence-corrected chi connectivity index (χ4v) is 7.31. The summed E-state index contributed by atoms with van der Waals surface area (Å²) in [5.74, 6) is -2.32. The highest BCUT2D eigenvalue weighted by Crippen LogP contribution is 2.19. The van der Waals surface area contributed by atoms with Gasteiger partial charge in [-0.05, 0) is 89.9 Å². The van der Waals surface area contributed by atoms with Crippen LogP contribution in [-0.2, 0) is 23.9 Å². The normalized spacial score (nSPS) is 13.0. The van der Waals surface area contributed by atoms with E-state index in [0.717, 1.165) is 116 Å². The molecule has 4 N–H and O–H groups in total. The lowest BCUT2D eigenvalue weighted by molar-refractivity contribution is -0.150. The average Bonchev–Trinajstić information content (AvgIpc) is 3.28. The number of esters is 1. The predicted molar refractivity (Wildman–Crippen MR) is 268 cm³/mol. The molecule has 0 aliphatic rings. The summed E-state index contributed by atoms with van der Waals surface area (Å²) in [6, 6.07) is -1.39. The number of unbranched alkanes of at least 4 members (excludes halogenated alkanes) is 20. The Kier molecular flexibility index (Phi) is 45.9. The summed E-state index contributed by atoms with van der Waals surface area (Å²) in [5.41, 5.74) is 0. The molecular weight excluding hydrogens is 801 g/mol. The molecule has 0 heterocycles. The van der Waals surface area contributed by atoms with Crippen LogP contribution in [-0.4, -0.2) is 59.3 Å². The molecular formula is C55H94N2O7. The third-order valence-electron chi connectivity index (χ3n) is 11.2. The number of aliphatic hydroxyl groups is 1. The minimum absolute atomic E-state index is 0.0307. The van der Waals surface area contributed by atoms with Gasteiger partial charge in [0.25, 0.3) is 0 Å². The number of carboxylic acids is 1. The molecule has 0 aromatic heterocycles. The lowest BCUT2D eigenvalue weighted by atomic mass is 10.0. The fourth-order valence-electron chi connectivity index (χ4n) is 7.31.